The van der Waals surface area contributed by atoms with Crippen LogP contribution in [-0.4, -0.2) is 43.3 Å². The SMILES string of the molecule is COCCCC(N)C(=O)NCC(C)CC(=O)O. The van der Waals surface area contributed by atoms with Gasteiger partial charge in [0, 0.05) is 26.7 Å². The van der Waals surface area contributed by atoms with Crippen molar-refractivity contribution in [1.82, 2.24) is 5.32 Å². The molecule has 0 saturated heterocycles. The number of carboxylic acid groups (broad SMARTS) is 1. The van der Waals surface area contributed by atoms with Crippen LogP contribution in [0.2, 0.25) is 0 Å². The molecular formula is C11H22N2O4. The Bertz CT molecular complexity index is 246. The Kier molecular flexibility index (Phi) is 8.35. The zero-order chi connectivity index (χ0) is 13.3. The Morgan fingerprint density at radius 3 is 2.65 bits per heavy atom. The Hall–Kier alpha value is -1.14. The van der Waals surface area contributed by atoms with Crippen LogP contribution in [0.25, 0.3) is 0 Å². The lowest BCUT2D eigenvalue weighted by atomic mass is 10.1. The number of ether oxygens (including phenoxy) is 1. The molecule has 0 aromatic rings. The predicted molar refractivity (Wildman–Crippen MR) is 63.5 cm³/mol. The smallest absolute Gasteiger partial charge is 0.303 e. The van der Waals surface area contributed by atoms with Crippen molar-refractivity contribution in [3.05, 3.63) is 0 Å². The number of hydrogen-bond acceptors (Lipinski definition) is 4. The second kappa shape index (κ2) is 8.95. The van der Waals surface area contributed by atoms with E-state index < -0.39 is 12.0 Å². The van der Waals surface area contributed by atoms with Gasteiger partial charge in [0.05, 0.1) is 6.04 Å². The average Bonchev–Trinajstić information content (AvgIpc) is 2.25. The summed E-state index contributed by atoms with van der Waals surface area (Å²) >= 11 is 0. The Balaban J connectivity index is 3.73. The van der Waals surface area contributed by atoms with Crippen molar-refractivity contribution < 1.29 is 19.4 Å². The Labute approximate surface area is 102 Å². The molecule has 0 saturated carbocycles. The Morgan fingerprint density at radius 2 is 2.12 bits per heavy atom. The lowest BCUT2D eigenvalue weighted by molar-refractivity contribution is -0.138. The third-order valence-corrected chi connectivity index (χ3v) is 2.35. The van der Waals surface area contributed by atoms with Gasteiger partial charge >= 0.3 is 5.97 Å². The first kappa shape index (κ1) is 15.9. The summed E-state index contributed by atoms with van der Waals surface area (Å²) in [6.07, 6.45) is 1.34. The minimum absolute atomic E-state index is 0.0409. The van der Waals surface area contributed by atoms with Crippen molar-refractivity contribution >= 4 is 11.9 Å². The number of nitrogens with two attached hydrogens (primary N) is 1. The molecule has 0 bridgehead atoms. The molecule has 1 amide bonds. The van der Waals surface area contributed by atoms with Crippen LogP contribution < -0.4 is 11.1 Å². The number of aliphatic carboxylic acids is 1. The van der Waals surface area contributed by atoms with Crippen molar-refractivity contribution in [3.8, 4) is 0 Å². The van der Waals surface area contributed by atoms with Crippen LogP contribution in [-0.2, 0) is 14.3 Å². The fraction of sp³-hybridized carbons (Fsp3) is 0.818. The summed E-state index contributed by atoms with van der Waals surface area (Å²) in [4.78, 5) is 21.9. The molecule has 0 fully saturated rings. The summed E-state index contributed by atoms with van der Waals surface area (Å²) in [7, 11) is 1.60. The molecule has 0 aliphatic rings. The molecule has 4 N–H and O–H groups in total. The number of methoxy groups -OCH3 is 1. The van der Waals surface area contributed by atoms with Gasteiger partial charge in [-0.05, 0) is 18.8 Å². The van der Waals surface area contributed by atoms with Gasteiger partial charge in [-0.2, -0.15) is 0 Å². The minimum atomic E-state index is -0.865. The summed E-state index contributed by atoms with van der Waals surface area (Å²) < 4.78 is 4.86. The van der Waals surface area contributed by atoms with Crippen molar-refractivity contribution in [2.75, 3.05) is 20.3 Å². The summed E-state index contributed by atoms with van der Waals surface area (Å²) in [6.45, 7) is 2.68. The van der Waals surface area contributed by atoms with Crippen LogP contribution in [0.4, 0.5) is 0 Å². The number of rotatable bonds is 9. The molecule has 0 spiro atoms. The monoisotopic (exact) mass is 246 g/mol. The molecular weight excluding hydrogens is 224 g/mol. The molecule has 6 heteroatoms. The van der Waals surface area contributed by atoms with E-state index in [1.54, 1.807) is 14.0 Å². The third kappa shape index (κ3) is 8.65. The molecule has 0 aromatic carbocycles. The Morgan fingerprint density at radius 1 is 1.47 bits per heavy atom. The van der Waals surface area contributed by atoms with E-state index in [0.717, 1.165) is 6.42 Å². The van der Waals surface area contributed by atoms with E-state index in [1.807, 2.05) is 0 Å². The summed E-state index contributed by atoms with van der Waals surface area (Å²) in [5.41, 5.74) is 5.66. The average molecular weight is 246 g/mol. The standard InChI is InChI=1S/C11H22N2O4/c1-8(6-10(14)15)7-13-11(16)9(12)4-3-5-17-2/h8-9H,3-7,12H2,1-2H3,(H,13,16)(H,14,15). The number of hydrogen-bond donors (Lipinski definition) is 3. The highest BCUT2D eigenvalue weighted by Crippen LogP contribution is 2.00. The van der Waals surface area contributed by atoms with Crippen LogP contribution in [0.5, 0.6) is 0 Å². The van der Waals surface area contributed by atoms with Crippen molar-refractivity contribution in [2.45, 2.75) is 32.2 Å². The molecule has 0 heterocycles. The molecule has 2 unspecified atom stereocenters. The van der Waals surface area contributed by atoms with Crippen LogP contribution in [0.1, 0.15) is 26.2 Å². The number of amides is 1. The molecule has 2 atom stereocenters. The van der Waals surface area contributed by atoms with Gasteiger partial charge in [-0.15, -0.1) is 0 Å². The van der Waals surface area contributed by atoms with Gasteiger partial charge in [0.25, 0.3) is 0 Å². The highest BCUT2D eigenvalue weighted by atomic mass is 16.5. The number of nitrogens with one attached hydrogen (secondary N) is 1. The van der Waals surface area contributed by atoms with Crippen molar-refractivity contribution in [1.29, 1.82) is 0 Å². The fourth-order valence-corrected chi connectivity index (χ4v) is 1.35. The van der Waals surface area contributed by atoms with Gasteiger partial charge in [-0.1, -0.05) is 6.92 Å². The number of carbonyl (C=O) groups excluding carboxylic acids is 1. The predicted octanol–water partition coefficient (Wildman–Crippen LogP) is -0.0327. The van der Waals surface area contributed by atoms with E-state index in [9.17, 15) is 9.59 Å². The number of carboxylic acids is 1. The summed E-state index contributed by atoms with van der Waals surface area (Å²) in [5, 5.41) is 11.2. The summed E-state index contributed by atoms with van der Waals surface area (Å²) in [6, 6.07) is -0.554. The second-order valence-corrected chi connectivity index (χ2v) is 4.19. The lowest BCUT2D eigenvalue weighted by Gasteiger charge is -2.14. The largest absolute Gasteiger partial charge is 0.481 e. The molecule has 0 radical (unpaired) electrons. The van der Waals surface area contributed by atoms with Gasteiger partial charge in [-0.25, -0.2) is 0 Å². The highest BCUT2D eigenvalue weighted by molar-refractivity contribution is 5.81. The lowest BCUT2D eigenvalue weighted by Crippen LogP contribution is -2.42. The van der Waals surface area contributed by atoms with Crippen LogP contribution in [0, 0.1) is 5.92 Å². The van der Waals surface area contributed by atoms with Crippen molar-refractivity contribution in [3.63, 3.8) is 0 Å². The van der Waals surface area contributed by atoms with Gasteiger partial charge in [0.1, 0.15) is 0 Å². The van der Waals surface area contributed by atoms with Crippen LogP contribution in [0.15, 0.2) is 0 Å². The molecule has 100 valence electrons. The third-order valence-electron chi connectivity index (χ3n) is 2.35. The molecule has 0 aliphatic heterocycles. The first-order valence-corrected chi connectivity index (χ1v) is 5.71. The summed E-state index contributed by atoms with van der Waals surface area (Å²) in [5.74, 6) is -1.20. The highest BCUT2D eigenvalue weighted by Gasteiger charge is 2.14. The van der Waals surface area contributed by atoms with Gasteiger partial charge in [0.15, 0.2) is 0 Å². The maximum Gasteiger partial charge on any atom is 0.303 e. The fourth-order valence-electron chi connectivity index (χ4n) is 1.35. The normalized spacial score (nSPS) is 14.1. The maximum absolute atomic E-state index is 11.5. The zero-order valence-electron chi connectivity index (χ0n) is 10.4. The van der Waals surface area contributed by atoms with Gasteiger partial charge in [-0.3, -0.25) is 9.59 Å². The van der Waals surface area contributed by atoms with Gasteiger partial charge < -0.3 is 20.9 Å². The van der Waals surface area contributed by atoms with Crippen LogP contribution >= 0.6 is 0 Å². The van der Waals surface area contributed by atoms with E-state index in [4.69, 9.17) is 15.6 Å². The molecule has 17 heavy (non-hydrogen) atoms. The first-order valence-electron chi connectivity index (χ1n) is 5.71. The topological polar surface area (TPSA) is 102 Å². The van der Waals surface area contributed by atoms with E-state index in [2.05, 4.69) is 5.32 Å². The molecule has 6 nitrogen and oxygen atoms in total. The first-order chi connectivity index (χ1) is 7.97. The van der Waals surface area contributed by atoms with Gasteiger partial charge in [0.2, 0.25) is 5.91 Å². The zero-order valence-corrected chi connectivity index (χ0v) is 10.4. The van der Waals surface area contributed by atoms with E-state index >= 15 is 0 Å². The van der Waals surface area contributed by atoms with E-state index in [1.165, 1.54) is 0 Å². The quantitative estimate of drug-likeness (QED) is 0.496. The maximum atomic E-state index is 11.5. The van der Waals surface area contributed by atoms with E-state index in [0.29, 0.717) is 19.6 Å². The van der Waals surface area contributed by atoms with Crippen molar-refractivity contribution in [2.24, 2.45) is 11.7 Å². The van der Waals surface area contributed by atoms with Crippen LogP contribution in [0.3, 0.4) is 0 Å². The molecule has 0 aromatic heterocycles. The molecule has 0 rings (SSSR count). The second-order valence-electron chi connectivity index (χ2n) is 4.19. The minimum Gasteiger partial charge on any atom is -0.481 e. The van der Waals surface area contributed by atoms with E-state index in [-0.39, 0.29) is 18.2 Å². The number of carbonyl (C=O) groups is 2. The molecule has 0 aliphatic carbocycles.